The van der Waals surface area contributed by atoms with E-state index in [2.05, 4.69) is 20.4 Å². The summed E-state index contributed by atoms with van der Waals surface area (Å²) in [7, 11) is 0. The topological polar surface area (TPSA) is 93.4 Å². The first-order chi connectivity index (χ1) is 15.2. The molecule has 31 heavy (non-hydrogen) atoms. The van der Waals surface area contributed by atoms with Gasteiger partial charge < -0.3 is 19.5 Å². The summed E-state index contributed by atoms with van der Waals surface area (Å²) in [5, 5.41) is 6.92. The molecule has 2 amide bonds. The number of likely N-dealkylation sites (tertiary alicyclic amines) is 1. The van der Waals surface area contributed by atoms with Crippen LogP contribution >= 0.6 is 0 Å². The van der Waals surface area contributed by atoms with Gasteiger partial charge in [0.1, 0.15) is 11.9 Å². The van der Waals surface area contributed by atoms with Gasteiger partial charge in [0.15, 0.2) is 0 Å². The number of anilines is 1. The molecular formula is C23H19N5O3. The Morgan fingerprint density at radius 2 is 1.71 bits per heavy atom. The highest BCUT2D eigenvalue weighted by molar-refractivity contribution is 5.89. The lowest BCUT2D eigenvalue weighted by atomic mass is 10.1. The smallest absolute Gasteiger partial charge is 0.322 e. The number of carbonyl (C=O) groups excluding carboxylic acids is 1. The minimum atomic E-state index is -0.122. The molecule has 0 spiro atoms. The van der Waals surface area contributed by atoms with Gasteiger partial charge in [-0.3, -0.25) is 4.98 Å². The third-order valence-electron chi connectivity index (χ3n) is 4.93. The molecular weight excluding hydrogens is 394 g/mol. The van der Waals surface area contributed by atoms with E-state index in [4.69, 9.17) is 9.26 Å². The van der Waals surface area contributed by atoms with Crippen molar-refractivity contribution in [2.45, 2.75) is 6.10 Å². The average molecular weight is 413 g/mol. The molecule has 5 rings (SSSR count). The van der Waals surface area contributed by atoms with E-state index in [1.165, 1.54) is 0 Å². The normalized spacial score (nSPS) is 13.5. The van der Waals surface area contributed by atoms with Crippen molar-refractivity contribution in [3.8, 4) is 28.6 Å². The van der Waals surface area contributed by atoms with E-state index in [-0.39, 0.29) is 12.1 Å². The van der Waals surface area contributed by atoms with Crippen LogP contribution in [0.3, 0.4) is 0 Å². The number of carbonyl (C=O) groups is 1. The van der Waals surface area contributed by atoms with E-state index in [0.717, 1.165) is 22.6 Å². The van der Waals surface area contributed by atoms with Crippen LogP contribution < -0.4 is 10.1 Å². The van der Waals surface area contributed by atoms with Gasteiger partial charge in [-0.15, -0.1) is 0 Å². The Bertz CT molecular complexity index is 1160. The number of hydrogen-bond acceptors (Lipinski definition) is 6. The molecule has 8 nitrogen and oxygen atoms in total. The van der Waals surface area contributed by atoms with Gasteiger partial charge in [0, 0.05) is 29.2 Å². The molecule has 1 aliphatic heterocycles. The van der Waals surface area contributed by atoms with Gasteiger partial charge in [0.05, 0.1) is 13.1 Å². The predicted octanol–water partition coefficient (Wildman–Crippen LogP) is 4.09. The number of aromatic nitrogens is 3. The fraction of sp³-hybridized carbons (Fsp3) is 0.130. The van der Waals surface area contributed by atoms with Crippen LogP contribution in [0.2, 0.25) is 0 Å². The van der Waals surface area contributed by atoms with Gasteiger partial charge in [0.2, 0.25) is 5.82 Å². The molecule has 0 radical (unpaired) electrons. The fourth-order valence-corrected chi connectivity index (χ4v) is 3.23. The summed E-state index contributed by atoms with van der Waals surface area (Å²) in [6, 6.07) is 20.4. The first kappa shape index (κ1) is 18.8. The number of rotatable bonds is 5. The molecule has 0 saturated carbocycles. The number of nitrogens with one attached hydrogen (secondary N) is 1. The summed E-state index contributed by atoms with van der Waals surface area (Å²) >= 11 is 0. The van der Waals surface area contributed by atoms with Crippen molar-refractivity contribution in [2.75, 3.05) is 18.4 Å². The molecule has 0 bridgehead atoms. The summed E-state index contributed by atoms with van der Waals surface area (Å²) in [5.74, 6) is 1.68. The molecule has 0 aliphatic carbocycles. The number of urea groups is 1. The maximum Gasteiger partial charge on any atom is 0.322 e. The zero-order valence-corrected chi connectivity index (χ0v) is 16.5. The SMILES string of the molecule is O=C(Nc1ccccc1)N1CC(Oc2ccc(-c3noc(-c4ccncc4)n3)cc2)C1. The number of ether oxygens (including phenoxy) is 1. The highest BCUT2D eigenvalue weighted by atomic mass is 16.5. The van der Waals surface area contributed by atoms with Gasteiger partial charge in [-0.25, -0.2) is 4.79 Å². The van der Waals surface area contributed by atoms with Crippen molar-refractivity contribution >= 4 is 11.7 Å². The lowest BCUT2D eigenvalue weighted by molar-refractivity contribution is 0.0493. The number of pyridine rings is 1. The van der Waals surface area contributed by atoms with E-state index < -0.39 is 0 Å². The second kappa shape index (κ2) is 8.27. The van der Waals surface area contributed by atoms with Crippen molar-refractivity contribution in [2.24, 2.45) is 0 Å². The number of benzene rings is 2. The average Bonchev–Trinajstić information content (AvgIpc) is 3.28. The second-order valence-corrected chi connectivity index (χ2v) is 7.12. The van der Waals surface area contributed by atoms with E-state index in [1.54, 1.807) is 17.3 Å². The Labute approximate surface area is 178 Å². The highest BCUT2D eigenvalue weighted by Crippen LogP contribution is 2.25. The number of para-hydroxylation sites is 1. The molecule has 154 valence electrons. The molecule has 1 saturated heterocycles. The van der Waals surface area contributed by atoms with Crippen molar-refractivity contribution in [1.82, 2.24) is 20.0 Å². The van der Waals surface area contributed by atoms with E-state index in [9.17, 15) is 4.79 Å². The summed E-state index contributed by atoms with van der Waals surface area (Å²) in [5.41, 5.74) is 2.43. The van der Waals surface area contributed by atoms with Crippen LogP contribution in [0.25, 0.3) is 22.8 Å². The van der Waals surface area contributed by atoms with E-state index >= 15 is 0 Å². The largest absolute Gasteiger partial charge is 0.487 e. The van der Waals surface area contributed by atoms with Gasteiger partial charge in [-0.1, -0.05) is 23.4 Å². The van der Waals surface area contributed by atoms with Crippen LogP contribution in [-0.2, 0) is 0 Å². The third kappa shape index (κ3) is 4.23. The third-order valence-corrected chi connectivity index (χ3v) is 4.93. The van der Waals surface area contributed by atoms with Gasteiger partial charge in [-0.05, 0) is 48.5 Å². The number of hydrogen-bond donors (Lipinski definition) is 1. The van der Waals surface area contributed by atoms with Crippen LogP contribution in [0, 0.1) is 0 Å². The van der Waals surface area contributed by atoms with Crippen LogP contribution in [0.4, 0.5) is 10.5 Å². The molecule has 2 aromatic carbocycles. The van der Waals surface area contributed by atoms with Crippen molar-refractivity contribution in [1.29, 1.82) is 0 Å². The first-order valence-electron chi connectivity index (χ1n) is 9.87. The van der Waals surface area contributed by atoms with Crippen molar-refractivity contribution in [3.63, 3.8) is 0 Å². The van der Waals surface area contributed by atoms with Crippen LogP contribution in [0.1, 0.15) is 0 Å². The van der Waals surface area contributed by atoms with Crippen LogP contribution in [0.15, 0.2) is 83.6 Å². The Morgan fingerprint density at radius 3 is 2.45 bits per heavy atom. The summed E-state index contributed by atoms with van der Waals surface area (Å²) in [6.07, 6.45) is 3.33. The van der Waals surface area contributed by atoms with Gasteiger partial charge in [0.25, 0.3) is 5.89 Å². The maximum atomic E-state index is 12.2. The molecule has 3 heterocycles. The Balaban J connectivity index is 1.15. The zero-order chi connectivity index (χ0) is 21.0. The minimum Gasteiger partial charge on any atom is -0.487 e. The number of nitrogens with zero attached hydrogens (tertiary/aromatic N) is 4. The van der Waals surface area contributed by atoms with E-state index in [0.29, 0.717) is 24.8 Å². The zero-order valence-electron chi connectivity index (χ0n) is 16.5. The quantitative estimate of drug-likeness (QED) is 0.530. The molecule has 1 N–H and O–H groups in total. The predicted molar refractivity (Wildman–Crippen MR) is 114 cm³/mol. The molecule has 2 aromatic heterocycles. The molecule has 0 unspecified atom stereocenters. The first-order valence-corrected chi connectivity index (χ1v) is 9.87. The van der Waals surface area contributed by atoms with Crippen LogP contribution in [-0.4, -0.2) is 45.2 Å². The second-order valence-electron chi connectivity index (χ2n) is 7.12. The highest BCUT2D eigenvalue weighted by Gasteiger charge is 2.32. The number of amides is 2. The monoisotopic (exact) mass is 413 g/mol. The minimum absolute atomic E-state index is 0.0316. The lowest BCUT2D eigenvalue weighted by Gasteiger charge is -2.38. The Kier molecular flexibility index (Phi) is 5.02. The van der Waals surface area contributed by atoms with Crippen molar-refractivity contribution in [3.05, 3.63) is 79.1 Å². The van der Waals surface area contributed by atoms with E-state index in [1.807, 2.05) is 66.7 Å². The molecule has 4 aromatic rings. The Hall–Kier alpha value is -4.20. The molecule has 0 atom stereocenters. The molecule has 8 heteroatoms. The maximum absolute atomic E-state index is 12.2. The summed E-state index contributed by atoms with van der Waals surface area (Å²) in [6.45, 7) is 1.08. The summed E-state index contributed by atoms with van der Waals surface area (Å²) < 4.78 is 11.3. The Morgan fingerprint density at radius 1 is 0.968 bits per heavy atom. The fourth-order valence-electron chi connectivity index (χ4n) is 3.23. The standard InChI is InChI=1S/C23H19N5O3/c29-23(25-18-4-2-1-3-5-18)28-14-20(15-28)30-19-8-6-16(7-9-19)21-26-22(31-27-21)17-10-12-24-13-11-17/h1-13,20H,14-15H2,(H,25,29). The van der Waals surface area contributed by atoms with Gasteiger partial charge >= 0.3 is 6.03 Å². The lowest BCUT2D eigenvalue weighted by Crippen LogP contribution is -2.57. The van der Waals surface area contributed by atoms with Gasteiger partial charge in [-0.2, -0.15) is 4.98 Å². The van der Waals surface area contributed by atoms with Crippen molar-refractivity contribution < 1.29 is 14.1 Å². The molecule has 1 aliphatic rings. The molecule has 1 fully saturated rings. The van der Waals surface area contributed by atoms with Crippen LogP contribution in [0.5, 0.6) is 5.75 Å². The summed E-state index contributed by atoms with van der Waals surface area (Å²) in [4.78, 5) is 22.4.